The molecule has 5 aliphatic carbocycles. The summed E-state index contributed by atoms with van der Waals surface area (Å²) in [7, 11) is 0. The van der Waals surface area contributed by atoms with Gasteiger partial charge in [0.1, 0.15) is 0 Å². The molecule has 24 heavy (non-hydrogen) atoms. The number of imide groups is 2. The molecular formula is C18H18N2O4. The van der Waals surface area contributed by atoms with Gasteiger partial charge in [0.15, 0.2) is 0 Å². The summed E-state index contributed by atoms with van der Waals surface area (Å²) in [6.07, 6.45) is 7.44. The molecule has 0 spiro atoms. The largest absolute Gasteiger partial charge is 0.279 e. The van der Waals surface area contributed by atoms with E-state index in [4.69, 9.17) is 0 Å². The number of rotatable bonds is 2. The molecule has 2 saturated heterocycles. The van der Waals surface area contributed by atoms with Crippen LogP contribution in [0.3, 0.4) is 0 Å². The van der Waals surface area contributed by atoms with Gasteiger partial charge < -0.3 is 0 Å². The van der Waals surface area contributed by atoms with Gasteiger partial charge in [-0.15, -0.1) is 0 Å². The maximum absolute atomic E-state index is 12.9. The Labute approximate surface area is 138 Å². The number of allylic oxidation sites excluding steroid dienone is 2. The summed E-state index contributed by atoms with van der Waals surface area (Å²) in [5, 5.41) is 0. The van der Waals surface area contributed by atoms with Gasteiger partial charge in [0, 0.05) is 23.9 Å². The molecule has 3 saturated carbocycles. The molecule has 7 rings (SSSR count). The van der Waals surface area contributed by atoms with Crippen LogP contribution in [-0.2, 0) is 19.2 Å². The highest BCUT2D eigenvalue weighted by atomic mass is 16.2. The molecule has 6 atom stereocenters. The van der Waals surface area contributed by atoms with E-state index < -0.39 is 23.7 Å². The van der Waals surface area contributed by atoms with Crippen LogP contribution < -0.4 is 0 Å². The first-order chi connectivity index (χ1) is 11.6. The third-order valence-electron chi connectivity index (χ3n) is 6.90. The molecule has 0 aromatic carbocycles. The van der Waals surface area contributed by atoms with E-state index in [1.54, 1.807) is 0 Å². The lowest BCUT2D eigenvalue weighted by atomic mass is 9.54. The van der Waals surface area contributed by atoms with Gasteiger partial charge in [-0.25, -0.2) is 0 Å². The smallest absolute Gasteiger partial charge is 0.233 e. The molecule has 0 aromatic heterocycles. The standard InChI is InChI=1S/C18H18N2O4/c21-15-11-9-5-6-10(12(11)16(22)19(15)7-1-2-7)14-13(9)17(23)20(18(14)24)8-3-4-8/h5-14H,1-4H2/t9?,10?,11-,12-,13-,14+/m0/s1. The zero-order valence-electron chi connectivity index (χ0n) is 13.1. The lowest BCUT2D eigenvalue weighted by Gasteiger charge is -2.44. The van der Waals surface area contributed by atoms with Crippen LogP contribution >= 0.6 is 0 Å². The molecule has 0 N–H and O–H groups in total. The van der Waals surface area contributed by atoms with Gasteiger partial charge in [0.2, 0.25) is 23.6 Å². The summed E-state index contributed by atoms with van der Waals surface area (Å²) in [6, 6.07) is 0.119. The Hall–Kier alpha value is -1.98. The Morgan fingerprint density at radius 2 is 0.875 bits per heavy atom. The fourth-order valence-corrected chi connectivity index (χ4v) is 5.66. The fraction of sp³-hybridized carbons (Fsp3) is 0.667. The van der Waals surface area contributed by atoms with E-state index in [2.05, 4.69) is 0 Å². The maximum atomic E-state index is 12.9. The molecule has 124 valence electrons. The van der Waals surface area contributed by atoms with E-state index in [-0.39, 0.29) is 47.5 Å². The molecule has 0 aromatic rings. The van der Waals surface area contributed by atoms with Crippen molar-refractivity contribution in [3.05, 3.63) is 12.2 Å². The number of amides is 4. The molecule has 2 bridgehead atoms. The van der Waals surface area contributed by atoms with E-state index >= 15 is 0 Å². The van der Waals surface area contributed by atoms with Crippen molar-refractivity contribution in [2.75, 3.05) is 0 Å². The summed E-state index contributed by atoms with van der Waals surface area (Å²) in [5.74, 6) is -2.68. The van der Waals surface area contributed by atoms with Crippen molar-refractivity contribution in [3.63, 3.8) is 0 Å². The fourth-order valence-electron chi connectivity index (χ4n) is 5.66. The number of carbonyl (C=O) groups is 4. The second-order valence-corrected chi connectivity index (χ2v) is 8.20. The van der Waals surface area contributed by atoms with Crippen LogP contribution in [0.15, 0.2) is 12.2 Å². The second-order valence-electron chi connectivity index (χ2n) is 8.20. The maximum Gasteiger partial charge on any atom is 0.233 e. The van der Waals surface area contributed by atoms with Crippen LogP contribution in [0.5, 0.6) is 0 Å². The van der Waals surface area contributed by atoms with E-state index in [0.717, 1.165) is 25.7 Å². The highest BCUT2D eigenvalue weighted by Crippen LogP contribution is 2.59. The third kappa shape index (κ3) is 1.36. The quantitative estimate of drug-likeness (QED) is 0.541. The summed E-state index contributed by atoms with van der Waals surface area (Å²) in [4.78, 5) is 54.5. The van der Waals surface area contributed by atoms with Gasteiger partial charge >= 0.3 is 0 Å². The van der Waals surface area contributed by atoms with Gasteiger partial charge in [0.25, 0.3) is 0 Å². The zero-order valence-corrected chi connectivity index (χ0v) is 13.1. The van der Waals surface area contributed by atoms with Crippen molar-refractivity contribution in [2.24, 2.45) is 35.5 Å². The Kier molecular flexibility index (Phi) is 2.21. The number of likely N-dealkylation sites (tertiary alicyclic amines) is 2. The lowest BCUT2D eigenvalue weighted by Crippen LogP contribution is -2.50. The van der Waals surface area contributed by atoms with Crippen LogP contribution in [0.2, 0.25) is 0 Å². The topological polar surface area (TPSA) is 74.8 Å². The molecule has 2 unspecified atom stereocenters. The first-order valence-electron chi connectivity index (χ1n) is 9.02. The molecular weight excluding hydrogens is 308 g/mol. The van der Waals surface area contributed by atoms with Gasteiger partial charge in [-0.1, -0.05) is 12.2 Å². The molecule has 6 heteroatoms. The average Bonchev–Trinajstić information content (AvgIpc) is 3.48. The van der Waals surface area contributed by atoms with Gasteiger partial charge in [-0.3, -0.25) is 29.0 Å². The van der Waals surface area contributed by atoms with E-state index in [0.29, 0.717) is 0 Å². The number of nitrogens with zero attached hydrogens (tertiary/aromatic N) is 2. The highest BCUT2D eigenvalue weighted by Gasteiger charge is 2.70. The van der Waals surface area contributed by atoms with Crippen molar-refractivity contribution in [1.29, 1.82) is 0 Å². The minimum absolute atomic E-state index is 0.0595. The van der Waals surface area contributed by atoms with Crippen molar-refractivity contribution in [1.82, 2.24) is 9.80 Å². The van der Waals surface area contributed by atoms with Crippen molar-refractivity contribution >= 4 is 23.6 Å². The minimum Gasteiger partial charge on any atom is -0.279 e. The van der Waals surface area contributed by atoms with Crippen LogP contribution in [-0.4, -0.2) is 45.5 Å². The highest BCUT2D eigenvalue weighted by molar-refractivity contribution is 6.11. The second kappa shape index (κ2) is 3.98. The number of carbonyl (C=O) groups excluding carboxylic acids is 4. The zero-order chi connectivity index (χ0) is 16.3. The molecule has 2 aliphatic heterocycles. The third-order valence-corrected chi connectivity index (χ3v) is 6.90. The van der Waals surface area contributed by atoms with E-state index in [9.17, 15) is 19.2 Å². The number of hydrogen-bond donors (Lipinski definition) is 0. The molecule has 7 aliphatic rings. The van der Waals surface area contributed by atoms with Crippen LogP contribution in [0, 0.1) is 35.5 Å². The Bertz CT molecular complexity index is 644. The predicted octanol–water partition coefficient (Wildman–Crippen LogP) is 0.329. The molecule has 5 fully saturated rings. The van der Waals surface area contributed by atoms with Crippen molar-refractivity contribution in [3.8, 4) is 0 Å². The monoisotopic (exact) mass is 326 g/mol. The minimum atomic E-state index is -0.426. The summed E-state index contributed by atoms with van der Waals surface area (Å²) < 4.78 is 0. The SMILES string of the molecule is O=C1[C@@H]2C3C=CC([C@@H]2C(=O)N1C1CC1)[C@@H]1C(=O)N(C2CC2)C(=O)[C@@H]31. The normalized spacial score (nSPS) is 46.2. The molecule has 2 heterocycles. The van der Waals surface area contributed by atoms with Crippen molar-refractivity contribution < 1.29 is 19.2 Å². The lowest BCUT2D eigenvalue weighted by molar-refractivity contribution is -0.140. The summed E-state index contributed by atoms with van der Waals surface area (Å²) in [5.41, 5.74) is 0. The summed E-state index contributed by atoms with van der Waals surface area (Å²) >= 11 is 0. The van der Waals surface area contributed by atoms with Gasteiger partial charge in [-0.2, -0.15) is 0 Å². The van der Waals surface area contributed by atoms with Gasteiger partial charge in [-0.05, 0) is 25.7 Å². The first kappa shape index (κ1) is 13.3. The van der Waals surface area contributed by atoms with Crippen molar-refractivity contribution in [2.45, 2.75) is 37.8 Å². The molecule has 4 amide bonds. The van der Waals surface area contributed by atoms with Crippen LogP contribution in [0.1, 0.15) is 25.7 Å². The van der Waals surface area contributed by atoms with Crippen LogP contribution in [0.4, 0.5) is 0 Å². The van der Waals surface area contributed by atoms with E-state index in [1.807, 2.05) is 12.2 Å². The van der Waals surface area contributed by atoms with Gasteiger partial charge in [0.05, 0.1) is 23.7 Å². The van der Waals surface area contributed by atoms with E-state index in [1.165, 1.54) is 9.80 Å². The Morgan fingerprint density at radius 1 is 0.583 bits per heavy atom. The predicted molar refractivity (Wildman–Crippen MR) is 79.8 cm³/mol. The number of hydrogen-bond acceptors (Lipinski definition) is 4. The molecule has 0 radical (unpaired) electrons. The average molecular weight is 326 g/mol. The van der Waals surface area contributed by atoms with Crippen LogP contribution in [0.25, 0.3) is 0 Å². The Morgan fingerprint density at radius 3 is 1.12 bits per heavy atom. The molecule has 6 nitrogen and oxygen atoms in total. The summed E-state index contributed by atoms with van der Waals surface area (Å²) in [6.45, 7) is 0. The first-order valence-corrected chi connectivity index (χ1v) is 9.02. The Balaban J connectivity index is 1.44.